The first kappa shape index (κ1) is 24.5. The Balaban J connectivity index is 1.44. The molecule has 0 saturated carbocycles. The molecule has 0 N–H and O–H groups in total. The largest absolute Gasteiger partial charge is 0.496 e. The molecule has 2 amide bonds. The number of oxazole rings is 1. The van der Waals surface area contributed by atoms with Gasteiger partial charge in [0, 0.05) is 57.5 Å². The maximum atomic E-state index is 13.5. The number of amides is 2. The lowest BCUT2D eigenvalue weighted by molar-refractivity contribution is -0.134. The van der Waals surface area contributed by atoms with Gasteiger partial charge in [0.25, 0.3) is 0 Å². The molecule has 0 aliphatic carbocycles. The predicted octanol–water partition coefficient (Wildman–Crippen LogP) is 4.15. The van der Waals surface area contributed by atoms with E-state index in [-0.39, 0.29) is 29.8 Å². The van der Waals surface area contributed by atoms with E-state index < -0.39 is 5.82 Å². The van der Waals surface area contributed by atoms with Gasteiger partial charge in [0.15, 0.2) is 11.7 Å². The van der Waals surface area contributed by atoms with Crippen LogP contribution in [-0.4, -0.2) is 62.0 Å². The minimum absolute atomic E-state index is 0.0662. The Morgan fingerprint density at radius 2 is 2.03 bits per heavy atom. The van der Waals surface area contributed by atoms with Gasteiger partial charge in [-0.15, -0.1) is 0 Å². The first-order valence-electron chi connectivity index (χ1n) is 11.1. The molecule has 10 heteroatoms. The summed E-state index contributed by atoms with van der Waals surface area (Å²) in [4.78, 5) is 34.7. The molecule has 0 atom stereocenters. The molecule has 0 bridgehead atoms. The molecule has 1 fully saturated rings. The van der Waals surface area contributed by atoms with Crippen LogP contribution in [0.5, 0.6) is 5.75 Å². The first-order chi connectivity index (χ1) is 16.8. The monoisotopic (exact) mass is 500 g/mol. The Hall–Kier alpha value is -3.59. The standard InChI is InChI=1S/C25H26ClFN4O4/c1-16-28-14-23(35-16)19-6-4-18(13-22(19)34-3)30-9-8-24(32)31(11-10-30)15-25(33)29(2)17-5-7-21(27)20(26)12-17/h4-7,12-14H,8-11,15H2,1-3H3. The van der Waals surface area contributed by atoms with Crippen LogP contribution in [0.1, 0.15) is 12.3 Å². The van der Waals surface area contributed by atoms with E-state index >= 15 is 0 Å². The second-order valence-corrected chi connectivity index (χ2v) is 8.64. The summed E-state index contributed by atoms with van der Waals surface area (Å²) in [5.74, 6) is 0.878. The molecule has 0 radical (unpaired) electrons. The second-order valence-electron chi connectivity index (χ2n) is 8.23. The molecule has 1 aromatic heterocycles. The Morgan fingerprint density at radius 3 is 2.71 bits per heavy atom. The van der Waals surface area contributed by atoms with E-state index in [1.165, 1.54) is 23.1 Å². The lowest BCUT2D eigenvalue weighted by Gasteiger charge is -2.25. The van der Waals surface area contributed by atoms with Crippen molar-refractivity contribution in [1.29, 1.82) is 0 Å². The Kier molecular flexibility index (Phi) is 7.25. The van der Waals surface area contributed by atoms with Crippen molar-refractivity contribution >= 4 is 34.8 Å². The van der Waals surface area contributed by atoms with E-state index in [9.17, 15) is 14.0 Å². The van der Waals surface area contributed by atoms with Crippen LogP contribution in [0.4, 0.5) is 15.8 Å². The topological polar surface area (TPSA) is 79.1 Å². The number of ether oxygens (including phenoxy) is 1. The molecule has 1 aliphatic heterocycles. The lowest BCUT2D eigenvalue weighted by Crippen LogP contribution is -2.42. The van der Waals surface area contributed by atoms with Crippen molar-refractivity contribution in [3.63, 3.8) is 0 Å². The average Bonchev–Trinajstić information content (AvgIpc) is 3.20. The summed E-state index contributed by atoms with van der Waals surface area (Å²) in [6.45, 7) is 3.15. The fourth-order valence-corrected chi connectivity index (χ4v) is 4.14. The number of rotatable bonds is 6. The van der Waals surface area contributed by atoms with Gasteiger partial charge in [0.05, 0.1) is 23.9 Å². The van der Waals surface area contributed by atoms with Crippen LogP contribution in [0, 0.1) is 12.7 Å². The number of aryl methyl sites for hydroxylation is 1. The number of hydrogen-bond acceptors (Lipinski definition) is 6. The number of carbonyl (C=O) groups excluding carboxylic acids is 2. The van der Waals surface area contributed by atoms with Crippen molar-refractivity contribution in [3.8, 4) is 17.1 Å². The molecule has 184 valence electrons. The Bertz CT molecular complexity index is 1250. The van der Waals surface area contributed by atoms with Crippen LogP contribution in [0.2, 0.25) is 5.02 Å². The minimum atomic E-state index is -0.556. The molecule has 35 heavy (non-hydrogen) atoms. The third-order valence-electron chi connectivity index (χ3n) is 6.02. The van der Waals surface area contributed by atoms with Gasteiger partial charge in [-0.25, -0.2) is 9.37 Å². The Labute approximate surface area is 207 Å². The summed E-state index contributed by atoms with van der Waals surface area (Å²) in [6.07, 6.45) is 1.92. The molecule has 0 spiro atoms. The number of likely N-dealkylation sites (N-methyl/N-ethyl adjacent to an activating group) is 1. The number of carbonyl (C=O) groups is 2. The van der Waals surface area contributed by atoms with Gasteiger partial charge in [-0.1, -0.05) is 11.6 Å². The fourth-order valence-electron chi connectivity index (χ4n) is 3.97. The van der Waals surface area contributed by atoms with E-state index in [0.29, 0.717) is 42.7 Å². The molecule has 2 heterocycles. The van der Waals surface area contributed by atoms with E-state index in [1.54, 1.807) is 32.2 Å². The summed E-state index contributed by atoms with van der Waals surface area (Å²) >= 11 is 5.84. The predicted molar refractivity (Wildman–Crippen MR) is 131 cm³/mol. The quantitative estimate of drug-likeness (QED) is 0.506. The second kappa shape index (κ2) is 10.4. The summed E-state index contributed by atoms with van der Waals surface area (Å²) in [5, 5.41) is -0.0662. The minimum Gasteiger partial charge on any atom is -0.496 e. The normalized spacial score (nSPS) is 14.1. The third-order valence-corrected chi connectivity index (χ3v) is 6.31. The van der Waals surface area contributed by atoms with Crippen LogP contribution in [0.25, 0.3) is 11.3 Å². The zero-order valence-corrected chi connectivity index (χ0v) is 20.5. The highest BCUT2D eigenvalue weighted by Crippen LogP contribution is 2.34. The molecule has 4 rings (SSSR count). The number of anilines is 2. The van der Waals surface area contributed by atoms with Crippen LogP contribution in [0.3, 0.4) is 0 Å². The van der Waals surface area contributed by atoms with Crippen molar-refractivity contribution in [1.82, 2.24) is 9.88 Å². The maximum absolute atomic E-state index is 13.5. The summed E-state index contributed by atoms with van der Waals surface area (Å²) in [5.41, 5.74) is 2.15. The van der Waals surface area contributed by atoms with Gasteiger partial charge in [-0.2, -0.15) is 0 Å². The van der Waals surface area contributed by atoms with Gasteiger partial charge >= 0.3 is 0 Å². The number of methoxy groups -OCH3 is 1. The van der Waals surface area contributed by atoms with E-state index in [0.717, 1.165) is 11.3 Å². The van der Waals surface area contributed by atoms with Crippen LogP contribution >= 0.6 is 11.6 Å². The Morgan fingerprint density at radius 1 is 1.23 bits per heavy atom. The molecule has 0 unspecified atom stereocenters. The molecular weight excluding hydrogens is 475 g/mol. The molecule has 1 aliphatic rings. The van der Waals surface area contributed by atoms with Crippen LogP contribution < -0.4 is 14.5 Å². The number of benzene rings is 2. The number of halogens is 2. The fraction of sp³-hybridized carbons (Fsp3) is 0.320. The number of hydrogen-bond donors (Lipinski definition) is 0. The van der Waals surface area contributed by atoms with Crippen LogP contribution in [0.15, 0.2) is 47.0 Å². The lowest BCUT2D eigenvalue weighted by atomic mass is 10.1. The number of aromatic nitrogens is 1. The van der Waals surface area contributed by atoms with Crippen molar-refractivity contribution in [3.05, 3.63) is 59.3 Å². The molecule has 8 nitrogen and oxygen atoms in total. The summed E-state index contributed by atoms with van der Waals surface area (Å²) < 4.78 is 24.7. The zero-order valence-electron chi connectivity index (χ0n) is 19.8. The maximum Gasteiger partial charge on any atom is 0.246 e. The van der Waals surface area contributed by atoms with Gasteiger partial charge in [-0.05, 0) is 30.3 Å². The van der Waals surface area contributed by atoms with E-state index in [1.807, 2.05) is 18.2 Å². The highest BCUT2D eigenvalue weighted by Gasteiger charge is 2.25. The first-order valence-corrected chi connectivity index (χ1v) is 11.5. The number of nitrogens with zero attached hydrogens (tertiary/aromatic N) is 4. The van der Waals surface area contributed by atoms with Gasteiger partial charge in [0.1, 0.15) is 18.1 Å². The van der Waals surface area contributed by atoms with E-state index in [2.05, 4.69) is 9.88 Å². The van der Waals surface area contributed by atoms with Gasteiger partial charge in [-0.3, -0.25) is 9.59 Å². The summed E-state index contributed by atoms with van der Waals surface area (Å²) in [6, 6.07) is 9.84. The molecular formula is C25H26ClFN4O4. The van der Waals surface area contributed by atoms with Crippen molar-refractivity contribution < 1.29 is 23.1 Å². The average molecular weight is 501 g/mol. The summed E-state index contributed by atoms with van der Waals surface area (Å²) in [7, 11) is 3.17. The van der Waals surface area contributed by atoms with Crippen LogP contribution in [-0.2, 0) is 9.59 Å². The molecule has 3 aromatic rings. The van der Waals surface area contributed by atoms with Crippen molar-refractivity contribution in [2.24, 2.45) is 0 Å². The van der Waals surface area contributed by atoms with Gasteiger partial charge in [0.2, 0.25) is 11.8 Å². The van der Waals surface area contributed by atoms with Crippen molar-refractivity contribution in [2.45, 2.75) is 13.3 Å². The highest BCUT2D eigenvalue weighted by atomic mass is 35.5. The third kappa shape index (κ3) is 5.40. The highest BCUT2D eigenvalue weighted by molar-refractivity contribution is 6.31. The molecule has 1 saturated heterocycles. The zero-order chi connectivity index (χ0) is 25.1. The smallest absolute Gasteiger partial charge is 0.246 e. The van der Waals surface area contributed by atoms with E-state index in [4.69, 9.17) is 20.8 Å². The van der Waals surface area contributed by atoms with Crippen molar-refractivity contribution in [2.75, 3.05) is 50.1 Å². The SMILES string of the molecule is COc1cc(N2CCC(=O)N(CC(=O)N(C)c3ccc(F)c(Cl)c3)CC2)ccc1-c1cnc(C)o1. The van der Waals surface area contributed by atoms with Gasteiger partial charge < -0.3 is 23.9 Å². The molecule has 2 aromatic carbocycles.